The molecule has 2 aromatic heterocycles. The van der Waals surface area contributed by atoms with Crippen molar-refractivity contribution in [1.82, 2.24) is 0 Å². The Morgan fingerprint density at radius 2 is 0.600 bits per heavy atom. The number of fused-ring (bicyclic) bond motifs is 11. The Balaban J connectivity index is 1.25. The van der Waals surface area contributed by atoms with Gasteiger partial charge in [0.05, 0.1) is 16.8 Å². The first-order valence-corrected chi connectivity index (χ1v) is 30.5. The van der Waals surface area contributed by atoms with Crippen LogP contribution in [0, 0.1) is 0 Å². The lowest BCUT2D eigenvalue weighted by atomic mass is 9.67. The molecule has 10 aromatic carbocycles. The smallest absolute Gasteiger partial charge is 0.160 e. The molecule has 0 fully saturated rings. The molecule has 1 aliphatic carbocycles. The highest BCUT2D eigenvalue weighted by Gasteiger charge is 2.50. The zero-order chi connectivity index (χ0) is 59.8. The van der Waals surface area contributed by atoms with Crippen LogP contribution in [0.25, 0.3) is 55.0 Å². The highest BCUT2D eigenvalue weighted by molar-refractivity contribution is 6.27. The van der Waals surface area contributed by atoms with Gasteiger partial charge in [0, 0.05) is 44.3 Å². The molecule has 0 atom stereocenters. The van der Waals surface area contributed by atoms with E-state index in [0.717, 1.165) is 89.1 Å². The summed E-state index contributed by atoms with van der Waals surface area (Å²) in [6, 6.07) is 79.9. The van der Waals surface area contributed by atoms with Crippen LogP contribution in [0.3, 0.4) is 0 Å². The summed E-state index contributed by atoms with van der Waals surface area (Å²) in [5.41, 5.74) is 21.6. The minimum atomic E-state index is -0.890. The summed E-state index contributed by atoms with van der Waals surface area (Å²) in [6.07, 6.45) is 0. The largest absolute Gasteiger partial charge is 0.454 e. The first kappa shape index (κ1) is 55.6. The first-order chi connectivity index (χ1) is 40.3. The van der Waals surface area contributed by atoms with Gasteiger partial charge in [-0.05, 0) is 167 Å². The molecule has 13 rings (SSSR count). The van der Waals surface area contributed by atoms with E-state index in [9.17, 15) is 0 Å². The topological polar surface area (TPSA) is 32.8 Å². The van der Waals surface area contributed by atoms with Crippen LogP contribution in [-0.2, 0) is 32.5 Å². The van der Waals surface area contributed by atoms with Crippen LogP contribution in [0.1, 0.15) is 154 Å². The number of hydrogen-bond donors (Lipinski definition) is 0. The lowest BCUT2D eigenvalue weighted by Gasteiger charge is -2.36. The second-order valence-electron chi connectivity index (χ2n) is 29.0. The molecule has 0 bridgehead atoms. The molecule has 426 valence electrons. The molecule has 85 heavy (non-hydrogen) atoms. The Morgan fingerprint density at radius 3 is 0.953 bits per heavy atom. The molecule has 0 unspecified atom stereocenters. The maximum atomic E-state index is 7.60. The van der Waals surface area contributed by atoms with Gasteiger partial charge in [-0.25, -0.2) is 0 Å². The summed E-state index contributed by atoms with van der Waals surface area (Å²) in [4.78, 5) is 4.90. The minimum absolute atomic E-state index is 0.0372. The molecule has 0 saturated carbocycles. The summed E-state index contributed by atoms with van der Waals surface area (Å²) in [5, 5.41) is 4.30. The van der Waals surface area contributed by atoms with E-state index in [-0.39, 0.29) is 27.1 Å². The molecule has 4 nitrogen and oxygen atoms in total. The lowest BCUT2D eigenvalue weighted by molar-refractivity contribution is 0.590. The highest BCUT2D eigenvalue weighted by Crippen LogP contribution is 2.65. The SMILES string of the molecule is CC(C)(C)c1ccc(N(c2ccc(C(C)(C)C)cc2)c2cc3c(c4c2oc2ccccc24)-c2c(cc(N(c4ccc(C(C)(C)C)cc4)c4ccc(C(C)(C)C)cc4)c4oc5ccc(C(C)(C)C)cc5c24)C3(c2ccccc2)c2ccccc2)cc1. The maximum Gasteiger partial charge on any atom is 0.160 e. The van der Waals surface area contributed by atoms with Crippen molar-refractivity contribution in [2.24, 2.45) is 0 Å². The summed E-state index contributed by atoms with van der Waals surface area (Å²) in [6.45, 7) is 34.4. The van der Waals surface area contributed by atoms with Crippen LogP contribution in [0.5, 0.6) is 0 Å². The summed E-state index contributed by atoms with van der Waals surface area (Å²) in [7, 11) is 0. The van der Waals surface area contributed by atoms with E-state index in [1.165, 1.54) is 50.1 Å². The van der Waals surface area contributed by atoms with Gasteiger partial charge in [-0.2, -0.15) is 0 Å². The third-order valence-electron chi connectivity index (χ3n) is 18.1. The molecule has 0 amide bonds. The Hall–Kier alpha value is -8.60. The van der Waals surface area contributed by atoms with Gasteiger partial charge < -0.3 is 18.6 Å². The van der Waals surface area contributed by atoms with E-state index in [1.807, 2.05) is 0 Å². The van der Waals surface area contributed by atoms with Crippen molar-refractivity contribution < 1.29 is 8.83 Å². The number of para-hydroxylation sites is 1. The van der Waals surface area contributed by atoms with Crippen molar-refractivity contribution in [3.63, 3.8) is 0 Å². The average Bonchev–Trinajstić information content (AvgIpc) is 1.52. The molecule has 0 saturated heterocycles. The Bertz CT molecular complexity index is 4330. The van der Waals surface area contributed by atoms with Crippen molar-refractivity contribution in [2.45, 2.75) is 136 Å². The highest BCUT2D eigenvalue weighted by atomic mass is 16.3. The lowest BCUT2D eigenvalue weighted by Crippen LogP contribution is -2.29. The molecular formula is C81H80N2O2. The van der Waals surface area contributed by atoms with E-state index in [1.54, 1.807) is 0 Å². The van der Waals surface area contributed by atoms with E-state index >= 15 is 0 Å². The van der Waals surface area contributed by atoms with E-state index < -0.39 is 5.41 Å². The van der Waals surface area contributed by atoms with Crippen LogP contribution in [0.15, 0.2) is 221 Å². The Labute approximate surface area is 503 Å². The predicted molar refractivity (Wildman–Crippen MR) is 361 cm³/mol. The third-order valence-corrected chi connectivity index (χ3v) is 18.1. The first-order valence-electron chi connectivity index (χ1n) is 30.5. The van der Waals surface area contributed by atoms with Crippen molar-refractivity contribution in [3.05, 3.63) is 262 Å². The van der Waals surface area contributed by atoms with Crippen molar-refractivity contribution in [3.8, 4) is 11.1 Å². The normalized spacial score (nSPS) is 13.7. The van der Waals surface area contributed by atoms with Gasteiger partial charge in [0.1, 0.15) is 11.2 Å². The molecule has 2 heterocycles. The van der Waals surface area contributed by atoms with Gasteiger partial charge in [0.2, 0.25) is 0 Å². The third kappa shape index (κ3) is 9.26. The number of nitrogens with zero attached hydrogens (tertiary/aromatic N) is 2. The quantitative estimate of drug-likeness (QED) is 0.152. The zero-order valence-corrected chi connectivity index (χ0v) is 52.4. The average molecular weight is 1110 g/mol. The molecule has 0 radical (unpaired) electrons. The Kier molecular flexibility index (Phi) is 12.9. The predicted octanol–water partition coefficient (Wildman–Crippen LogP) is 23.3. The number of hydrogen-bond acceptors (Lipinski definition) is 4. The van der Waals surface area contributed by atoms with Crippen LogP contribution in [-0.4, -0.2) is 0 Å². The standard InChI is InChI=1S/C81H80N2O2/c1-76(2,3)51-30-39-58(40-31-51)82(59-41-32-52(33-42-59)77(4,5)6)66-49-64-72(70-62-28-22-23-29-68(62)84-74(66)70)73-65(81(64,55-24-18-16-19-25-55)56-26-20-17-21-27-56)50-67(75-71(73)63-48-57(80(13,14)15)38-47-69(63)85-75)83(60-43-34-53(35-44-60)78(7,8)9)61-45-36-54(37-46-61)79(10,11)12/h16-50H,1-15H3. The van der Waals surface area contributed by atoms with Gasteiger partial charge in [0.25, 0.3) is 0 Å². The van der Waals surface area contributed by atoms with Crippen LogP contribution >= 0.6 is 0 Å². The van der Waals surface area contributed by atoms with Crippen molar-refractivity contribution in [2.75, 3.05) is 9.80 Å². The summed E-state index contributed by atoms with van der Waals surface area (Å²) < 4.78 is 15.1. The molecule has 12 aromatic rings. The fraction of sp³-hybridized carbons (Fsp3) is 0.259. The van der Waals surface area contributed by atoms with E-state index in [2.05, 4.69) is 326 Å². The number of benzene rings is 10. The van der Waals surface area contributed by atoms with E-state index in [0.29, 0.717) is 0 Å². The number of furan rings is 2. The summed E-state index contributed by atoms with van der Waals surface area (Å²) >= 11 is 0. The molecular weight excluding hydrogens is 1030 g/mol. The molecule has 1 aliphatic rings. The fourth-order valence-electron chi connectivity index (χ4n) is 13.3. The van der Waals surface area contributed by atoms with Crippen LogP contribution in [0.2, 0.25) is 0 Å². The van der Waals surface area contributed by atoms with Crippen molar-refractivity contribution >= 4 is 78.0 Å². The molecule has 0 spiro atoms. The van der Waals surface area contributed by atoms with E-state index in [4.69, 9.17) is 8.83 Å². The van der Waals surface area contributed by atoms with Gasteiger partial charge >= 0.3 is 0 Å². The zero-order valence-electron chi connectivity index (χ0n) is 52.4. The minimum Gasteiger partial charge on any atom is -0.454 e. The molecule has 0 aliphatic heterocycles. The molecule has 4 heteroatoms. The second kappa shape index (κ2) is 19.7. The van der Waals surface area contributed by atoms with Gasteiger partial charge in [-0.1, -0.05) is 237 Å². The van der Waals surface area contributed by atoms with Crippen molar-refractivity contribution in [1.29, 1.82) is 0 Å². The monoisotopic (exact) mass is 1110 g/mol. The fourth-order valence-corrected chi connectivity index (χ4v) is 13.3. The second-order valence-corrected chi connectivity index (χ2v) is 29.0. The molecule has 0 N–H and O–H groups in total. The van der Waals surface area contributed by atoms with Crippen LogP contribution < -0.4 is 9.80 Å². The summed E-state index contributed by atoms with van der Waals surface area (Å²) in [5.74, 6) is 0. The van der Waals surface area contributed by atoms with Gasteiger partial charge in [-0.15, -0.1) is 0 Å². The van der Waals surface area contributed by atoms with Gasteiger partial charge in [0.15, 0.2) is 11.2 Å². The number of anilines is 6. The maximum absolute atomic E-state index is 7.60. The number of rotatable bonds is 8. The Morgan fingerprint density at radius 1 is 0.294 bits per heavy atom. The van der Waals surface area contributed by atoms with Crippen LogP contribution in [0.4, 0.5) is 34.1 Å². The van der Waals surface area contributed by atoms with Gasteiger partial charge in [-0.3, -0.25) is 0 Å².